The first-order valence-electron chi connectivity index (χ1n) is 6.83. The van der Waals surface area contributed by atoms with Gasteiger partial charge in [-0.3, -0.25) is 4.79 Å². The third kappa shape index (κ3) is 6.20. The molecule has 1 amide bonds. The van der Waals surface area contributed by atoms with Gasteiger partial charge in [0.05, 0.1) is 18.5 Å². The quantitative estimate of drug-likeness (QED) is 0.671. The molecule has 1 heterocycles. The Kier molecular flexibility index (Phi) is 7.58. The maximum atomic E-state index is 11.8. The zero-order valence-electron chi connectivity index (χ0n) is 11.7. The van der Waals surface area contributed by atoms with Crippen molar-refractivity contribution in [1.29, 1.82) is 0 Å². The predicted molar refractivity (Wildman–Crippen MR) is 76.5 cm³/mol. The lowest BCUT2D eigenvalue weighted by atomic mass is 10.3. The number of ether oxygens (including phenoxy) is 1. The van der Waals surface area contributed by atoms with E-state index in [1.165, 1.54) is 0 Å². The molecule has 0 atom stereocenters. The molecule has 0 aliphatic heterocycles. The molecule has 106 valence electrons. The van der Waals surface area contributed by atoms with Crippen LogP contribution in [0.2, 0.25) is 0 Å². The number of unbranched alkanes of at least 4 members (excludes halogenated alkanes) is 1. The summed E-state index contributed by atoms with van der Waals surface area (Å²) in [4.78, 5) is 15.9. The molecule has 19 heavy (non-hydrogen) atoms. The highest BCUT2D eigenvalue weighted by molar-refractivity contribution is 5.92. The Morgan fingerprint density at radius 3 is 2.79 bits per heavy atom. The molecular formula is C14H23N3O2. The number of hydrogen-bond donors (Lipinski definition) is 2. The lowest BCUT2D eigenvalue weighted by molar-refractivity contribution is 0.0908. The number of amides is 1. The minimum Gasteiger partial charge on any atom is -0.384 e. The Balaban J connectivity index is 2.25. The predicted octanol–water partition coefficient (Wildman–Crippen LogP) is 2.06. The maximum absolute atomic E-state index is 11.8. The first-order valence-corrected chi connectivity index (χ1v) is 6.83. The summed E-state index contributed by atoms with van der Waals surface area (Å²) in [7, 11) is 0. The van der Waals surface area contributed by atoms with E-state index in [1.54, 1.807) is 12.3 Å². The third-order valence-electron chi connectivity index (χ3n) is 2.55. The van der Waals surface area contributed by atoms with Crippen LogP contribution in [0.3, 0.4) is 0 Å². The Labute approximate surface area is 114 Å². The SMILES string of the molecule is CCCCOCCNC(=O)c1ccc(NCC)cn1. The van der Waals surface area contributed by atoms with Crippen molar-refractivity contribution in [1.82, 2.24) is 10.3 Å². The largest absolute Gasteiger partial charge is 0.384 e. The summed E-state index contributed by atoms with van der Waals surface area (Å²) in [5, 5.41) is 5.91. The number of rotatable bonds is 9. The van der Waals surface area contributed by atoms with Crippen LogP contribution in [0.5, 0.6) is 0 Å². The first kappa shape index (κ1) is 15.4. The van der Waals surface area contributed by atoms with Gasteiger partial charge in [-0.05, 0) is 25.5 Å². The van der Waals surface area contributed by atoms with E-state index in [9.17, 15) is 4.79 Å². The third-order valence-corrected chi connectivity index (χ3v) is 2.55. The average molecular weight is 265 g/mol. The molecule has 0 unspecified atom stereocenters. The fourth-order valence-corrected chi connectivity index (χ4v) is 1.51. The van der Waals surface area contributed by atoms with Crippen LogP contribution >= 0.6 is 0 Å². The van der Waals surface area contributed by atoms with Crippen molar-refractivity contribution in [3.8, 4) is 0 Å². The second-order valence-electron chi connectivity index (χ2n) is 4.18. The molecule has 5 heteroatoms. The summed E-state index contributed by atoms with van der Waals surface area (Å²) in [6.07, 6.45) is 3.84. The van der Waals surface area contributed by atoms with E-state index in [0.717, 1.165) is 31.7 Å². The smallest absolute Gasteiger partial charge is 0.269 e. The number of aromatic nitrogens is 1. The van der Waals surface area contributed by atoms with E-state index < -0.39 is 0 Å². The van der Waals surface area contributed by atoms with E-state index in [2.05, 4.69) is 22.5 Å². The highest BCUT2D eigenvalue weighted by atomic mass is 16.5. The zero-order valence-corrected chi connectivity index (χ0v) is 11.7. The molecule has 1 rings (SSSR count). The van der Waals surface area contributed by atoms with Crippen LogP contribution in [-0.2, 0) is 4.74 Å². The summed E-state index contributed by atoms with van der Waals surface area (Å²) < 4.78 is 5.37. The van der Waals surface area contributed by atoms with Gasteiger partial charge >= 0.3 is 0 Å². The number of carbonyl (C=O) groups is 1. The van der Waals surface area contributed by atoms with Crippen LogP contribution in [0, 0.1) is 0 Å². The molecule has 5 nitrogen and oxygen atoms in total. The molecule has 1 aromatic heterocycles. The summed E-state index contributed by atoms with van der Waals surface area (Å²) in [5.74, 6) is -0.165. The number of nitrogens with zero attached hydrogens (tertiary/aromatic N) is 1. The average Bonchev–Trinajstić information content (AvgIpc) is 2.43. The van der Waals surface area contributed by atoms with Crippen LogP contribution in [0.25, 0.3) is 0 Å². The van der Waals surface area contributed by atoms with E-state index in [0.29, 0.717) is 18.8 Å². The van der Waals surface area contributed by atoms with Gasteiger partial charge in [0.25, 0.3) is 5.91 Å². The molecule has 0 bridgehead atoms. The molecule has 1 aromatic rings. The van der Waals surface area contributed by atoms with Crippen molar-refractivity contribution >= 4 is 11.6 Å². The normalized spacial score (nSPS) is 10.2. The summed E-state index contributed by atoms with van der Waals surface area (Å²) >= 11 is 0. The van der Waals surface area contributed by atoms with Crippen molar-refractivity contribution in [2.24, 2.45) is 0 Å². The highest BCUT2D eigenvalue weighted by Gasteiger charge is 2.05. The van der Waals surface area contributed by atoms with Crippen LogP contribution in [0.15, 0.2) is 18.3 Å². The van der Waals surface area contributed by atoms with Gasteiger partial charge in [-0.15, -0.1) is 0 Å². The van der Waals surface area contributed by atoms with Gasteiger partial charge in [0.2, 0.25) is 0 Å². The van der Waals surface area contributed by atoms with Gasteiger partial charge in [-0.2, -0.15) is 0 Å². The molecule has 0 saturated carbocycles. The van der Waals surface area contributed by atoms with Gasteiger partial charge in [-0.1, -0.05) is 13.3 Å². The second-order valence-corrected chi connectivity index (χ2v) is 4.18. The van der Waals surface area contributed by atoms with Crippen molar-refractivity contribution < 1.29 is 9.53 Å². The fraction of sp³-hybridized carbons (Fsp3) is 0.571. The Morgan fingerprint density at radius 2 is 2.16 bits per heavy atom. The Morgan fingerprint density at radius 1 is 1.32 bits per heavy atom. The van der Waals surface area contributed by atoms with Crippen LogP contribution in [0.4, 0.5) is 5.69 Å². The molecule has 0 radical (unpaired) electrons. The standard InChI is InChI=1S/C14H23N3O2/c1-3-5-9-19-10-8-16-14(18)13-7-6-12(11-17-13)15-4-2/h6-7,11,15H,3-5,8-10H2,1-2H3,(H,16,18). The Hall–Kier alpha value is -1.62. The van der Waals surface area contributed by atoms with Crippen LogP contribution in [-0.4, -0.2) is 37.2 Å². The number of pyridine rings is 1. The van der Waals surface area contributed by atoms with Gasteiger partial charge in [0, 0.05) is 19.7 Å². The van der Waals surface area contributed by atoms with Gasteiger partial charge in [0.15, 0.2) is 0 Å². The monoisotopic (exact) mass is 265 g/mol. The lowest BCUT2D eigenvalue weighted by Crippen LogP contribution is -2.28. The molecule has 0 aliphatic carbocycles. The van der Waals surface area contributed by atoms with Gasteiger partial charge in [0.1, 0.15) is 5.69 Å². The molecule has 0 spiro atoms. The van der Waals surface area contributed by atoms with Gasteiger partial charge < -0.3 is 15.4 Å². The minimum atomic E-state index is -0.165. The van der Waals surface area contributed by atoms with E-state index in [-0.39, 0.29) is 5.91 Å². The second kappa shape index (κ2) is 9.33. The molecular weight excluding hydrogens is 242 g/mol. The van der Waals surface area contributed by atoms with Crippen LogP contribution in [0.1, 0.15) is 37.2 Å². The molecule has 0 saturated heterocycles. The maximum Gasteiger partial charge on any atom is 0.269 e. The van der Waals surface area contributed by atoms with E-state index >= 15 is 0 Å². The first-order chi connectivity index (χ1) is 9.27. The lowest BCUT2D eigenvalue weighted by Gasteiger charge is -2.06. The summed E-state index contributed by atoms with van der Waals surface area (Å²) in [5.41, 5.74) is 1.34. The van der Waals surface area contributed by atoms with Gasteiger partial charge in [-0.25, -0.2) is 4.98 Å². The topological polar surface area (TPSA) is 63.2 Å². The molecule has 2 N–H and O–H groups in total. The number of hydrogen-bond acceptors (Lipinski definition) is 4. The van der Waals surface area contributed by atoms with Crippen molar-refractivity contribution in [2.75, 3.05) is 31.6 Å². The number of anilines is 1. The van der Waals surface area contributed by atoms with Crippen molar-refractivity contribution in [2.45, 2.75) is 26.7 Å². The van der Waals surface area contributed by atoms with E-state index in [1.807, 2.05) is 13.0 Å². The Bertz CT molecular complexity index is 365. The highest BCUT2D eigenvalue weighted by Crippen LogP contribution is 2.05. The molecule has 0 aliphatic rings. The van der Waals surface area contributed by atoms with Crippen molar-refractivity contribution in [3.63, 3.8) is 0 Å². The molecule has 0 fully saturated rings. The zero-order chi connectivity index (χ0) is 13.9. The van der Waals surface area contributed by atoms with Crippen LogP contribution < -0.4 is 10.6 Å². The number of nitrogens with one attached hydrogen (secondary N) is 2. The summed E-state index contributed by atoms with van der Waals surface area (Å²) in [6, 6.07) is 3.56. The summed E-state index contributed by atoms with van der Waals surface area (Å²) in [6.45, 7) is 6.78. The van der Waals surface area contributed by atoms with Crippen molar-refractivity contribution in [3.05, 3.63) is 24.0 Å². The minimum absolute atomic E-state index is 0.165. The molecule has 0 aromatic carbocycles. The van der Waals surface area contributed by atoms with E-state index in [4.69, 9.17) is 4.74 Å². The fourth-order valence-electron chi connectivity index (χ4n) is 1.51. The number of carbonyl (C=O) groups excluding carboxylic acids is 1.